The topological polar surface area (TPSA) is 69.6 Å². The van der Waals surface area contributed by atoms with Crippen LogP contribution in [0.3, 0.4) is 0 Å². The van der Waals surface area contributed by atoms with Crippen LogP contribution >= 0.6 is 11.8 Å². The van der Waals surface area contributed by atoms with Gasteiger partial charge in [-0.3, -0.25) is 9.79 Å². The Morgan fingerprint density at radius 3 is 2.33 bits per heavy atom. The molecule has 0 aromatic rings. The summed E-state index contributed by atoms with van der Waals surface area (Å²) in [5.74, 6) is -0.319. The molecule has 7 nitrogen and oxygen atoms in total. The zero-order valence-corrected chi connectivity index (χ0v) is 18.0. The summed E-state index contributed by atoms with van der Waals surface area (Å²) in [6.07, 6.45) is 3.20. The van der Waals surface area contributed by atoms with Gasteiger partial charge in [-0.25, -0.2) is 0 Å². The highest BCUT2D eigenvalue weighted by atomic mass is 32.2. The van der Waals surface area contributed by atoms with Gasteiger partial charge in [-0.2, -0.15) is 0 Å². The third kappa shape index (κ3) is 6.34. The van der Waals surface area contributed by atoms with E-state index in [1.807, 2.05) is 19.0 Å². The van der Waals surface area contributed by atoms with E-state index >= 15 is 0 Å². The van der Waals surface area contributed by atoms with E-state index in [-0.39, 0.29) is 42.4 Å². The molecule has 0 bridgehead atoms. The summed E-state index contributed by atoms with van der Waals surface area (Å²) >= 11 is 1.59. The van der Waals surface area contributed by atoms with Crippen LogP contribution in [0.5, 0.6) is 0 Å². The van der Waals surface area contributed by atoms with E-state index in [1.54, 1.807) is 11.8 Å². The van der Waals surface area contributed by atoms with Crippen LogP contribution in [-0.2, 0) is 23.7 Å². The molecule has 2 heterocycles. The molecule has 0 N–H and O–H groups in total. The number of hydrogen-bond donors (Lipinski definition) is 0. The lowest BCUT2D eigenvalue weighted by atomic mass is 9.97. The number of nitrogens with zero attached hydrogens (tertiary/aromatic N) is 2. The number of carbonyl (C=O) groups excluding carboxylic acids is 1. The van der Waals surface area contributed by atoms with Crippen molar-refractivity contribution < 1.29 is 23.7 Å². The smallest absolute Gasteiger partial charge is 0.302 e. The molecule has 156 valence electrons. The molecule has 0 spiro atoms. The molecule has 0 saturated carbocycles. The molecule has 1 saturated heterocycles. The Balaban J connectivity index is 2.19. The van der Waals surface area contributed by atoms with E-state index in [0.29, 0.717) is 13.2 Å². The van der Waals surface area contributed by atoms with Gasteiger partial charge < -0.3 is 23.8 Å². The highest BCUT2D eigenvalue weighted by Crippen LogP contribution is 2.39. The third-order valence-corrected chi connectivity index (χ3v) is 5.85. The van der Waals surface area contributed by atoms with Crippen molar-refractivity contribution in [2.45, 2.75) is 76.2 Å². The van der Waals surface area contributed by atoms with Crippen LogP contribution in [0.1, 0.15) is 46.5 Å². The van der Waals surface area contributed by atoms with Crippen molar-refractivity contribution in [2.24, 2.45) is 4.99 Å². The van der Waals surface area contributed by atoms with Gasteiger partial charge in [0.1, 0.15) is 36.4 Å². The van der Waals surface area contributed by atoms with E-state index in [4.69, 9.17) is 23.9 Å². The maximum Gasteiger partial charge on any atom is 0.302 e. The lowest BCUT2D eigenvalue weighted by molar-refractivity contribution is -0.204. The number of esters is 1. The van der Waals surface area contributed by atoms with E-state index in [1.165, 1.54) is 6.92 Å². The summed E-state index contributed by atoms with van der Waals surface area (Å²) in [4.78, 5) is 18.2. The molecule has 5 atom stereocenters. The second-order valence-corrected chi connectivity index (χ2v) is 8.20. The number of thioether (sulfide) groups is 1. The zero-order valence-electron chi connectivity index (χ0n) is 17.2. The Kier molecular flexibility index (Phi) is 9.35. The zero-order chi connectivity index (χ0) is 19.8. The monoisotopic (exact) mass is 402 g/mol. The van der Waals surface area contributed by atoms with Crippen LogP contribution in [0.4, 0.5) is 0 Å². The molecule has 0 aromatic carbocycles. The van der Waals surface area contributed by atoms with Gasteiger partial charge in [0.25, 0.3) is 0 Å². The van der Waals surface area contributed by atoms with Crippen LogP contribution in [0.2, 0.25) is 0 Å². The SMILES string of the molecule is CCCCO[C@@H]1[C@H]2N=C(N(C)C)S[C@H]2O[C@H](COC(C)=O)[C@H]1OCCCC. The molecule has 8 heteroatoms. The van der Waals surface area contributed by atoms with Crippen LogP contribution in [-0.4, -0.2) is 79.7 Å². The molecule has 27 heavy (non-hydrogen) atoms. The first kappa shape index (κ1) is 22.5. The largest absolute Gasteiger partial charge is 0.463 e. The van der Waals surface area contributed by atoms with Gasteiger partial charge in [-0.15, -0.1) is 0 Å². The van der Waals surface area contributed by atoms with Gasteiger partial charge in [0, 0.05) is 34.2 Å². The van der Waals surface area contributed by atoms with Gasteiger partial charge in [0.2, 0.25) is 0 Å². The standard InChI is InChI=1S/C19H34N2O5S/c1-6-8-10-23-16-14(12-25-13(3)22)26-18-15(17(16)24-11-9-7-2)20-19(27-18)21(4)5/h14-18H,6-12H2,1-5H3/t14-,15-,16-,17-,18-/m1/s1. The lowest BCUT2D eigenvalue weighted by Crippen LogP contribution is -2.58. The number of unbranched alkanes of at least 4 members (excludes halogenated alkanes) is 2. The van der Waals surface area contributed by atoms with Crippen molar-refractivity contribution in [3.05, 3.63) is 0 Å². The summed E-state index contributed by atoms with van der Waals surface area (Å²) < 4.78 is 24.0. The normalized spacial score (nSPS) is 30.0. The van der Waals surface area contributed by atoms with Gasteiger partial charge in [0.05, 0.1) is 0 Å². The average Bonchev–Trinajstić information content (AvgIpc) is 3.05. The Morgan fingerprint density at radius 1 is 1.15 bits per heavy atom. The fraction of sp³-hybridized carbons (Fsp3) is 0.895. The van der Waals surface area contributed by atoms with Crippen molar-refractivity contribution in [3.8, 4) is 0 Å². The minimum Gasteiger partial charge on any atom is -0.463 e. The Hall–Kier alpha value is -0.830. The Labute approximate surface area is 167 Å². The summed E-state index contributed by atoms with van der Waals surface area (Å²) in [5, 5.41) is 0.925. The van der Waals surface area contributed by atoms with Gasteiger partial charge in [0.15, 0.2) is 5.17 Å². The quantitative estimate of drug-likeness (QED) is 0.411. The van der Waals surface area contributed by atoms with Crippen molar-refractivity contribution in [3.63, 3.8) is 0 Å². The van der Waals surface area contributed by atoms with E-state index in [2.05, 4.69) is 13.8 Å². The number of fused-ring (bicyclic) bond motifs is 1. The van der Waals surface area contributed by atoms with Crippen molar-refractivity contribution in [1.82, 2.24) is 4.90 Å². The van der Waals surface area contributed by atoms with Gasteiger partial charge in [-0.05, 0) is 12.8 Å². The molecule has 0 radical (unpaired) electrons. The molecule has 0 amide bonds. The predicted octanol–water partition coefficient (Wildman–Crippen LogP) is 2.68. The van der Waals surface area contributed by atoms with Gasteiger partial charge in [-0.1, -0.05) is 38.5 Å². The van der Waals surface area contributed by atoms with Crippen LogP contribution in [0.25, 0.3) is 0 Å². The van der Waals surface area contributed by atoms with Crippen LogP contribution < -0.4 is 0 Å². The number of carbonyl (C=O) groups is 1. The average molecular weight is 403 g/mol. The van der Waals surface area contributed by atoms with Crippen molar-refractivity contribution in [1.29, 1.82) is 0 Å². The van der Waals surface area contributed by atoms with Crippen LogP contribution in [0.15, 0.2) is 4.99 Å². The van der Waals surface area contributed by atoms with Crippen molar-refractivity contribution in [2.75, 3.05) is 33.9 Å². The Bertz CT molecular complexity index is 502. The summed E-state index contributed by atoms with van der Waals surface area (Å²) in [7, 11) is 3.95. The predicted molar refractivity (Wildman–Crippen MR) is 107 cm³/mol. The first-order chi connectivity index (χ1) is 13.0. The number of amidine groups is 1. The Morgan fingerprint density at radius 2 is 1.78 bits per heavy atom. The molecule has 0 aliphatic carbocycles. The maximum atomic E-state index is 11.3. The summed E-state index contributed by atoms with van der Waals surface area (Å²) in [5.41, 5.74) is -0.152. The molecule has 2 rings (SSSR count). The highest BCUT2D eigenvalue weighted by molar-refractivity contribution is 8.14. The second-order valence-electron chi connectivity index (χ2n) is 7.14. The number of aliphatic imine (C=N–C) groups is 1. The molecule has 2 aliphatic heterocycles. The number of ether oxygens (including phenoxy) is 4. The van der Waals surface area contributed by atoms with Gasteiger partial charge >= 0.3 is 5.97 Å². The fourth-order valence-electron chi connectivity index (χ4n) is 3.06. The molecule has 2 aliphatic rings. The second kappa shape index (κ2) is 11.2. The minimum atomic E-state index is -0.358. The molecular weight excluding hydrogens is 368 g/mol. The van der Waals surface area contributed by atoms with E-state index < -0.39 is 0 Å². The lowest BCUT2D eigenvalue weighted by Gasteiger charge is -2.42. The third-order valence-electron chi connectivity index (χ3n) is 4.55. The van der Waals surface area contributed by atoms with Crippen molar-refractivity contribution >= 4 is 22.9 Å². The maximum absolute atomic E-state index is 11.3. The highest BCUT2D eigenvalue weighted by Gasteiger charge is 2.51. The molecule has 0 aromatic heterocycles. The first-order valence-electron chi connectivity index (χ1n) is 9.91. The fourth-order valence-corrected chi connectivity index (χ4v) is 4.22. The number of rotatable bonds is 10. The molecule has 0 unspecified atom stereocenters. The minimum absolute atomic E-state index is 0.121. The van der Waals surface area contributed by atoms with Crippen LogP contribution in [0, 0.1) is 0 Å². The summed E-state index contributed by atoms with van der Waals surface area (Å²) in [6, 6.07) is -0.121. The van der Waals surface area contributed by atoms with E-state index in [0.717, 1.165) is 30.9 Å². The van der Waals surface area contributed by atoms with E-state index in [9.17, 15) is 4.79 Å². The number of hydrogen-bond acceptors (Lipinski definition) is 8. The molecular formula is C19H34N2O5S. The molecule has 1 fully saturated rings. The summed E-state index contributed by atoms with van der Waals surface area (Å²) in [6.45, 7) is 7.14. The first-order valence-corrected chi connectivity index (χ1v) is 10.8.